The maximum absolute atomic E-state index is 12.6. The first kappa shape index (κ1) is 13.4. The monoisotopic (exact) mass is 273 g/mol. The van der Waals surface area contributed by atoms with Gasteiger partial charge in [-0.2, -0.15) is 0 Å². The van der Waals surface area contributed by atoms with Crippen LogP contribution in [0.25, 0.3) is 0 Å². The van der Waals surface area contributed by atoms with Crippen molar-refractivity contribution in [2.24, 2.45) is 5.92 Å². The van der Waals surface area contributed by atoms with E-state index in [0.29, 0.717) is 11.9 Å². The largest absolute Gasteiger partial charge is 0.384 e. The first-order valence-electron chi connectivity index (χ1n) is 7.42. The van der Waals surface area contributed by atoms with Crippen LogP contribution < -0.4 is 5.32 Å². The minimum Gasteiger partial charge on any atom is -0.384 e. The van der Waals surface area contributed by atoms with Crippen molar-refractivity contribution in [1.82, 2.24) is 9.80 Å². The highest BCUT2D eigenvalue weighted by molar-refractivity contribution is 5.81. The van der Waals surface area contributed by atoms with Crippen LogP contribution in [-0.2, 0) is 11.2 Å². The second kappa shape index (κ2) is 5.44. The van der Waals surface area contributed by atoms with Gasteiger partial charge < -0.3 is 15.1 Å². The van der Waals surface area contributed by atoms with Gasteiger partial charge in [-0.1, -0.05) is 18.2 Å². The fourth-order valence-corrected chi connectivity index (χ4v) is 3.24. The Kier molecular flexibility index (Phi) is 3.66. The standard InChI is InChI=1S/C16H23N3O/c1-18(2)14-7-8-19(11-14)16(20)13-9-12-5-3-4-6-15(12)17-10-13/h3-6,13-14,17H,7-11H2,1-2H3. The third kappa shape index (κ3) is 2.52. The molecule has 2 unspecified atom stereocenters. The van der Waals surface area contributed by atoms with Gasteiger partial charge in [-0.25, -0.2) is 0 Å². The number of rotatable bonds is 2. The van der Waals surface area contributed by atoms with Crippen molar-refractivity contribution >= 4 is 11.6 Å². The first-order valence-corrected chi connectivity index (χ1v) is 7.42. The second-order valence-electron chi connectivity index (χ2n) is 6.13. The molecule has 2 atom stereocenters. The average molecular weight is 273 g/mol. The summed E-state index contributed by atoms with van der Waals surface area (Å²) < 4.78 is 0. The third-order valence-electron chi connectivity index (χ3n) is 4.58. The number of anilines is 1. The molecule has 1 aromatic carbocycles. The quantitative estimate of drug-likeness (QED) is 0.885. The highest BCUT2D eigenvalue weighted by Crippen LogP contribution is 2.26. The zero-order valence-electron chi connectivity index (χ0n) is 12.3. The lowest BCUT2D eigenvalue weighted by molar-refractivity contribution is -0.134. The number of carbonyl (C=O) groups excluding carboxylic acids is 1. The topological polar surface area (TPSA) is 35.6 Å². The molecule has 1 saturated heterocycles. The Balaban J connectivity index is 1.65. The maximum Gasteiger partial charge on any atom is 0.227 e. The van der Waals surface area contributed by atoms with Crippen molar-refractivity contribution in [3.05, 3.63) is 29.8 Å². The summed E-state index contributed by atoms with van der Waals surface area (Å²) in [6, 6.07) is 8.81. The molecule has 0 aromatic heterocycles. The zero-order valence-corrected chi connectivity index (χ0v) is 12.3. The molecule has 1 N–H and O–H groups in total. The van der Waals surface area contributed by atoms with E-state index in [2.05, 4.69) is 36.4 Å². The Bertz CT molecular complexity index is 500. The summed E-state index contributed by atoms with van der Waals surface area (Å²) in [5.41, 5.74) is 2.45. The number of carbonyl (C=O) groups is 1. The lowest BCUT2D eigenvalue weighted by Gasteiger charge is -2.29. The molecular formula is C16H23N3O. The van der Waals surface area contributed by atoms with E-state index in [1.807, 2.05) is 17.0 Å². The van der Waals surface area contributed by atoms with E-state index in [1.165, 1.54) is 11.3 Å². The summed E-state index contributed by atoms with van der Waals surface area (Å²) in [6.07, 6.45) is 1.96. The van der Waals surface area contributed by atoms with Crippen LogP contribution in [0, 0.1) is 5.92 Å². The van der Waals surface area contributed by atoms with Crippen LogP contribution in [0.5, 0.6) is 0 Å². The Morgan fingerprint density at radius 2 is 2.15 bits per heavy atom. The van der Waals surface area contributed by atoms with Crippen molar-refractivity contribution in [1.29, 1.82) is 0 Å². The molecule has 0 radical (unpaired) electrons. The van der Waals surface area contributed by atoms with Crippen LogP contribution in [0.15, 0.2) is 24.3 Å². The number of likely N-dealkylation sites (tertiary alicyclic amines) is 1. The van der Waals surface area contributed by atoms with E-state index in [1.54, 1.807) is 0 Å². The van der Waals surface area contributed by atoms with Crippen molar-refractivity contribution < 1.29 is 4.79 Å². The molecule has 108 valence electrons. The highest BCUT2D eigenvalue weighted by atomic mass is 16.2. The number of para-hydroxylation sites is 1. The van der Waals surface area contributed by atoms with E-state index in [4.69, 9.17) is 0 Å². The molecule has 2 aliphatic rings. The Morgan fingerprint density at radius 1 is 1.35 bits per heavy atom. The molecule has 1 amide bonds. The number of hydrogen-bond acceptors (Lipinski definition) is 3. The molecule has 3 rings (SSSR count). The zero-order chi connectivity index (χ0) is 14.1. The van der Waals surface area contributed by atoms with Gasteiger partial charge in [0.2, 0.25) is 5.91 Å². The number of benzene rings is 1. The summed E-state index contributed by atoms with van der Waals surface area (Å²) in [5, 5.41) is 3.39. The molecule has 0 bridgehead atoms. The molecule has 1 fully saturated rings. The second-order valence-corrected chi connectivity index (χ2v) is 6.13. The summed E-state index contributed by atoms with van der Waals surface area (Å²) in [5.74, 6) is 0.405. The van der Waals surface area contributed by atoms with E-state index < -0.39 is 0 Å². The molecular weight excluding hydrogens is 250 g/mol. The number of fused-ring (bicyclic) bond motifs is 1. The molecule has 0 aliphatic carbocycles. The van der Waals surface area contributed by atoms with Crippen LogP contribution >= 0.6 is 0 Å². The van der Waals surface area contributed by atoms with Gasteiger partial charge in [0.1, 0.15) is 0 Å². The molecule has 2 aliphatic heterocycles. The number of amides is 1. The molecule has 4 heteroatoms. The van der Waals surface area contributed by atoms with Gasteiger partial charge in [-0.15, -0.1) is 0 Å². The van der Waals surface area contributed by atoms with Crippen LogP contribution in [0.1, 0.15) is 12.0 Å². The molecule has 1 aromatic rings. The summed E-state index contributed by atoms with van der Waals surface area (Å²) in [6.45, 7) is 2.54. The first-order chi connectivity index (χ1) is 9.65. The van der Waals surface area contributed by atoms with Gasteiger partial charge in [-0.05, 0) is 38.6 Å². The SMILES string of the molecule is CN(C)C1CCN(C(=O)C2CNc3ccccc3C2)C1. The summed E-state index contributed by atoms with van der Waals surface area (Å²) >= 11 is 0. The van der Waals surface area contributed by atoms with E-state index >= 15 is 0 Å². The minimum atomic E-state index is 0.0887. The van der Waals surface area contributed by atoms with Crippen molar-refractivity contribution in [3.63, 3.8) is 0 Å². The van der Waals surface area contributed by atoms with Crippen LogP contribution in [0.2, 0.25) is 0 Å². The van der Waals surface area contributed by atoms with Crippen LogP contribution in [0.3, 0.4) is 0 Å². The number of hydrogen-bond donors (Lipinski definition) is 1. The van der Waals surface area contributed by atoms with Gasteiger partial charge >= 0.3 is 0 Å². The highest BCUT2D eigenvalue weighted by Gasteiger charge is 2.33. The number of nitrogens with one attached hydrogen (secondary N) is 1. The van der Waals surface area contributed by atoms with Crippen molar-refractivity contribution in [3.8, 4) is 0 Å². The summed E-state index contributed by atoms with van der Waals surface area (Å²) in [7, 11) is 4.19. The predicted molar refractivity (Wildman–Crippen MR) is 80.8 cm³/mol. The molecule has 4 nitrogen and oxygen atoms in total. The fraction of sp³-hybridized carbons (Fsp3) is 0.562. The molecule has 2 heterocycles. The van der Waals surface area contributed by atoms with Crippen molar-refractivity contribution in [2.75, 3.05) is 39.0 Å². The average Bonchev–Trinajstić information content (AvgIpc) is 2.96. The smallest absolute Gasteiger partial charge is 0.227 e. The Hall–Kier alpha value is -1.55. The lowest BCUT2D eigenvalue weighted by atomic mass is 9.93. The van der Waals surface area contributed by atoms with Gasteiger partial charge in [-0.3, -0.25) is 4.79 Å². The third-order valence-corrected chi connectivity index (χ3v) is 4.58. The minimum absolute atomic E-state index is 0.0887. The molecule has 0 saturated carbocycles. The maximum atomic E-state index is 12.6. The number of nitrogens with zero attached hydrogens (tertiary/aromatic N) is 2. The van der Waals surface area contributed by atoms with Crippen LogP contribution in [-0.4, -0.2) is 55.5 Å². The van der Waals surface area contributed by atoms with Gasteiger partial charge in [0.05, 0.1) is 5.92 Å². The summed E-state index contributed by atoms with van der Waals surface area (Å²) in [4.78, 5) is 16.9. The normalized spacial score (nSPS) is 25.4. The molecule has 20 heavy (non-hydrogen) atoms. The van der Waals surface area contributed by atoms with Crippen LogP contribution in [0.4, 0.5) is 5.69 Å². The fourth-order valence-electron chi connectivity index (χ4n) is 3.24. The predicted octanol–water partition coefficient (Wildman–Crippen LogP) is 1.43. The molecule has 0 spiro atoms. The van der Waals surface area contributed by atoms with Crippen molar-refractivity contribution in [2.45, 2.75) is 18.9 Å². The van der Waals surface area contributed by atoms with Gasteiger partial charge in [0.15, 0.2) is 0 Å². The Labute approximate surface area is 120 Å². The lowest BCUT2D eigenvalue weighted by Crippen LogP contribution is -2.41. The Morgan fingerprint density at radius 3 is 2.90 bits per heavy atom. The van der Waals surface area contributed by atoms with E-state index in [9.17, 15) is 4.79 Å². The van der Waals surface area contributed by atoms with E-state index in [-0.39, 0.29) is 5.92 Å². The van der Waals surface area contributed by atoms with Gasteiger partial charge in [0.25, 0.3) is 0 Å². The van der Waals surface area contributed by atoms with E-state index in [0.717, 1.165) is 32.5 Å². The number of likely N-dealkylation sites (N-methyl/N-ethyl adjacent to an activating group) is 1. The van der Waals surface area contributed by atoms with Gasteiger partial charge in [0, 0.05) is 31.4 Å².